The van der Waals surface area contributed by atoms with Gasteiger partial charge in [0.25, 0.3) is 0 Å². The van der Waals surface area contributed by atoms with Gasteiger partial charge in [0.15, 0.2) is 0 Å². The van der Waals surface area contributed by atoms with Gasteiger partial charge in [-0.25, -0.2) is 0 Å². The van der Waals surface area contributed by atoms with Crippen LogP contribution in [0.15, 0.2) is 115 Å². The minimum absolute atomic E-state index is 0.553. The standard InChI is InChI=1S/C30H21BO2S/c32-31(33)30-28(21-13-5-2-6-14-21)27(20-11-3-1-4-12-20)29(34-30)26-19-22-15-7-8-16-23(22)24-17-9-10-18-25(24)26/h1-19,32-33H. The third-order valence-corrected chi connectivity index (χ3v) is 7.57. The van der Waals surface area contributed by atoms with Crippen LogP contribution in [0.2, 0.25) is 0 Å². The molecular formula is C30H21BO2S. The third-order valence-electron chi connectivity index (χ3n) is 6.31. The fraction of sp³-hybridized carbons (Fsp3) is 0. The van der Waals surface area contributed by atoms with E-state index in [1.165, 1.54) is 22.1 Å². The van der Waals surface area contributed by atoms with Crippen molar-refractivity contribution < 1.29 is 10.0 Å². The van der Waals surface area contributed by atoms with Crippen molar-refractivity contribution in [2.75, 3.05) is 0 Å². The lowest BCUT2D eigenvalue weighted by atomic mass is 9.80. The van der Waals surface area contributed by atoms with Crippen molar-refractivity contribution in [1.82, 2.24) is 0 Å². The summed E-state index contributed by atoms with van der Waals surface area (Å²) < 4.78 is 0.553. The molecule has 0 unspecified atom stereocenters. The predicted octanol–water partition coefficient (Wildman–Crippen LogP) is 6.74. The largest absolute Gasteiger partial charge is 0.499 e. The number of hydrogen-bond donors (Lipinski definition) is 2. The zero-order valence-electron chi connectivity index (χ0n) is 18.3. The summed E-state index contributed by atoms with van der Waals surface area (Å²) in [6, 6.07) is 39.4. The van der Waals surface area contributed by atoms with Crippen molar-refractivity contribution >= 4 is 44.8 Å². The van der Waals surface area contributed by atoms with E-state index < -0.39 is 7.12 Å². The molecule has 1 aromatic heterocycles. The Morgan fingerprint density at radius 3 is 1.71 bits per heavy atom. The van der Waals surface area contributed by atoms with Gasteiger partial charge in [-0.05, 0) is 38.7 Å². The minimum Gasteiger partial charge on any atom is -0.423 e. The number of fused-ring (bicyclic) bond motifs is 3. The van der Waals surface area contributed by atoms with Gasteiger partial charge in [0.1, 0.15) is 0 Å². The summed E-state index contributed by atoms with van der Waals surface area (Å²) in [5.74, 6) is 0. The first-order valence-electron chi connectivity index (χ1n) is 11.3. The molecule has 0 spiro atoms. The Balaban J connectivity index is 1.77. The maximum atomic E-state index is 10.4. The number of benzene rings is 5. The van der Waals surface area contributed by atoms with E-state index in [1.807, 2.05) is 48.5 Å². The molecule has 0 saturated heterocycles. The third kappa shape index (κ3) is 3.44. The Morgan fingerprint density at radius 1 is 0.529 bits per heavy atom. The van der Waals surface area contributed by atoms with Gasteiger partial charge < -0.3 is 10.0 Å². The average Bonchev–Trinajstić information content (AvgIpc) is 3.30. The SMILES string of the molecule is OB(O)c1sc(-c2cc3ccccc3c3ccccc23)c(-c2ccccc2)c1-c1ccccc1. The van der Waals surface area contributed by atoms with Crippen LogP contribution in [0.4, 0.5) is 0 Å². The second-order valence-electron chi connectivity index (χ2n) is 8.34. The topological polar surface area (TPSA) is 40.5 Å². The summed E-state index contributed by atoms with van der Waals surface area (Å²) in [5, 5.41) is 25.6. The molecule has 162 valence electrons. The molecule has 0 radical (unpaired) electrons. The Morgan fingerprint density at radius 2 is 1.06 bits per heavy atom. The molecule has 34 heavy (non-hydrogen) atoms. The van der Waals surface area contributed by atoms with Gasteiger partial charge in [-0.15, -0.1) is 11.3 Å². The Bertz CT molecular complexity index is 1620. The predicted molar refractivity (Wildman–Crippen MR) is 145 cm³/mol. The number of rotatable bonds is 4. The lowest BCUT2D eigenvalue weighted by molar-refractivity contribution is 0.427. The van der Waals surface area contributed by atoms with Crippen LogP contribution < -0.4 is 4.78 Å². The molecule has 2 N–H and O–H groups in total. The van der Waals surface area contributed by atoms with Crippen molar-refractivity contribution in [1.29, 1.82) is 0 Å². The normalized spacial score (nSPS) is 11.2. The highest BCUT2D eigenvalue weighted by Gasteiger charge is 2.28. The van der Waals surface area contributed by atoms with Gasteiger partial charge >= 0.3 is 7.12 Å². The zero-order chi connectivity index (χ0) is 23.1. The van der Waals surface area contributed by atoms with Crippen LogP contribution >= 0.6 is 11.3 Å². The highest BCUT2D eigenvalue weighted by molar-refractivity contribution is 7.26. The van der Waals surface area contributed by atoms with Gasteiger partial charge in [0.2, 0.25) is 0 Å². The highest BCUT2D eigenvalue weighted by Crippen LogP contribution is 2.46. The van der Waals surface area contributed by atoms with Gasteiger partial charge in [-0.2, -0.15) is 0 Å². The zero-order valence-corrected chi connectivity index (χ0v) is 19.2. The molecule has 2 nitrogen and oxygen atoms in total. The van der Waals surface area contributed by atoms with Gasteiger partial charge in [0, 0.05) is 26.3 Å². The van der Waals surface area contributed by atoms with Crippen molar-refractivity contribution in [3.05, 3.63) is 115 Å². The van der Waals surface area contributed by atoms with Gasteiger partial charge in [-0.3, -0.25) is 0 Å². The van der Waals surface area contributed by atoms with Crippen molar-refractivity contribution in [3.8, 4) is 32.7 Å². The number of hydrogen-bond acceptors (Lipinski definition) is 3. The fourth-order valence-corrected chi connectivity index (χ4v) is 6.08. The molecule has 0 fully saturated rings. The summed E-state index contributed by atoms with van der Waals surface area (Å²) in [6.45, 7) is 0. The van der Waals surface area contributed by atoms with Crippen LogP contribution in [0.25, 0.3) is 54.2 Å². The molecule has 0 aliphatic carbocycles. The van der Waals surface area contributed by atoms with Crippen molar-refractivity contribution in [3.63, 3.8) is 0 Å². The molecule has 0 aliphatic heterocycles. The molecule has 0 aliphatic rings. The molecule has 4 heteroatoms. The summed E-state index contributed by atoms with van der Waals surface area (Å²) in [5.41, 5.74) is 5.02. The molecular weight excluding hydrogens is 435 g/mol. The molecule has 6 rings (SSSR count). The molecule has 0 bridgehead atoms. The fourth-order valence-electron chi connectivity index (χ4n) is 4.83. The van der Waals surface area contributed by atoms with Crippen molar-refractivity contribution in [2.45, 2.75) is 0 Å². The quantitative estimate of drug-likeness (QED) is 0.228. The highest BCUT2D eigenvalue weighted by atomic mass is 32.1. The molecule has 0 saturated carbocycles. The average molecular weight is 456 g/mol. The summed E-state index contributed by atoms with van der Waals surface area (Å²) in [7, 11) is -1.57. The Hall–Kier alpha value is -3.70. The van der Waals surface area contributed by atoms with Gasteiger partial charge in [0.05, 0.1) is 0 Å². The van der Waals surface area contributed by atoms with Crippen LogP contribution in [0.3, 0.4) is 0 Å². The first kappa shape index (κ1) is 20.9. The van der Waals surface area contributed by atoms with Gasteiger partial charge in [-0.1, -0.05) is 109 Å². The Labute approximate surface area is 202 Å². The van der Waals surface area contributed by atoms with Crippen LogP contribution in [0.5, 0.6) is 0 Å². The lowest BCUT2D eigenvalue weighted by Crippen LogP contribution is -2.28. The van der Waals surface area contributed by atoms with Crippen molar-refractivity contribution in [2.24, 2.45) is 0 Å². The van der Waals surface area contributed by atoms with E-state index in [-0.39, 0.29) is 0 Å². The van der Waals surface area contributed by atoms with E-state index in [0.717, 1.165) is 43.5 Å². The summed E-state index contributed by atoms with van der Waals surface area (Å²) in [6.07, 6.45) is 0. The summed E-state index contributed by atoms with van der Waals surface area (Å²) in [4.78, 5) is 1.04. The van der Waals surface area contributed by atoms with E-state index in [2.05, 4.69) is 66.7 Å². The van der Waals surface area contributed by atoms with Crippen LogP contribution in [0.1, 0.15) is 0 Å². The molecule has 5 aromatic carbocycles. The molecule has 0 atom stereocenters. The molecule has 1 heterocycles. The second-order valence-corrected chi connectivity index (χ2v) is 9.39. The minimum atomic E-state index is -1.57. The second kappa shape index (κ2) is 8.58. The van der Waals surface area contributed by atoms with Crippen LogP contribution in [0, 0.1) is 0 Å². The van der Waals surface area contributed by atoms with E-state index in [4.69, 9.17) is 0 Å². The summed E-state index contributed by atoms with van der Waals surface area (Å²) >= 11 is 1.46. The van der Waals surface area contributed by atoms with Crippen LogP contribution in [-0.2, 0) is 0 Å². The van der Waals surface area contributed by atoms with E-state index in [1.54, 1.807) is 0 Å². The maximum Gasteiger partial charge on any atom is 0.499 e. The molecule has 6 aromatic rings. The lowest BCUT2D eigenvalue weighted by Gasteiger charge is -2.13. The smallest absolute Gasteiger partial charge is 0.423 e. The number of thiophene rings is 1. The van der Waals surface area contributed by atoms with Crippen LogP contribution in [-0.4, -0.2) is 17.2 Å². The first-order chi connectivity index (χ1) is 16.7. The van der Waals surface area contributed by atoms with E-state index in [0.29, 0.717) is 4.78 Å². The molecule has 0 amide bonds. The Kier molecular flexibility index (Phi) is 5.27. The monoisotopic (exact) mass is 456 g/mol. The maximum absolute atomic E-state index is 10.4. The van der Waals surface area contributed by atoms with E-state index in [9.17, 15) is 10.0 Å². The first-order valence-corrected chi connectivity index (χ1v) is 12.1. The van der Waals surface area contributed by atoms with E-state index >= 15 is 0 Å².